The highest BCUT2D eigenvalue weighted by atomic mass is 32.1. The van der Waals surface area contributed by atoms with Crippen molar-refractivity contribution in [2.24, 2.45) is 0 Å². The summed E-state index contributed by atoms with van der Waals surface area (Å²) in [6.07, 6.45) is 0. The maximum atomic E-state index is 5.20. The molecule has 0 unspecified atom stereocenters. The third-order valence-corrected chi connectivity index (χ3v) is 10.3. The van der Waals surface area contributed by atoms with Crippen LogP contribution >= 0.6 is 11.3 Å². The molecule has 11 aromatic rings. The van der Waals surface area contributed by atoms with E-state index in [0.717, 1.165) is 38.8 Å². The normalized spacial score (nSPS) is 12.7. The van der Waals surface area contributed by atoms with Gasteiger partial charge in [-0.2, -0.15) is 0 Å². The molecule has 0 spiro atoms. The number of hydrogen-bond acceptors (Lipinski definition) is 3. The van der Waals surface area contributed by atoms with E-state index in [1.165, 1.54) is 58.3 Å². The molecule has 0 amide bonds. The highest BCUT2D eigenvalue weighted by Crippen LogP contribution is 2.43. The number of para-hydroxylation sites is 4. The van der Waals surface area contributed by atoms with E-state index >= 15 is 0 Å². The average Bonchev–Trinajstić information content (AvgIpc) is 3.77. The van der Waals surface area contributed by atoms with Crippen LogP contribution in [0.5, 0.6) is 0 Å². The van der Waals surface area contributed by atoms with Crippen molar-refractivity contribution in [3.05, 3.63) is 121 Å². The molecule has 5 heterocycles. The van der Waals surface area contributed by atoms with Crippen molar-refractivity contribution in [1.29, 1.82) is 0 Å². The minimum absolute atomic E-state index is 0.909. The summed E-state index contributed by atoms with van der Waals surface area (Å²) in [7, 11) is 0. The zero-order valence-corrected chi connectivity index (χ0v) is 23.6. The largest absolute Gasteiger partial charge is 0.309 e. The van der Waals surface area contributed by atoms with Gasteiger partial charge in [0.15, 0.2) is 5.65 Å². The molecular weight excluding hydrogens is 545 g/mol. The molecule has 0 aliphatic rings. The zero-order valence-electron chi connectivity index (χ0n) is 22.7. The van der Waals surface area contributed by atoms with Gasteiger partial charge in [0, 0.05) is 52.8 Å². The summed E-state index contributed by atoms with van der Waals surface area (Å²) >= 11 is 1.87. The summed E-state index contributed by atoms with van der Waals surface area (Å²) in [4.78, 5) is 10.4. The van der Waals surface area contributed by atoms with Gasteiger partial charge >= 0.3 is 0 Å². The van der Waals surface area contributed by atoms with Gasteiger partial charge in [-0.3, -0.25) is 4.40 Å². The molecule has 0 bridgehead atoms. The number of rotatable bonds is 1. The molecule has 6 aromatic carbocycles. The maximum absolute atomic E-state index is 5.20. The van der Waals surface area contributed by atoms with Crippen molar-refractivity contribution in [3.63, 3.8) is 0 Å². The Bertz CT molecular complexity index is 2960. The van der Waals surface area contributed by atoms with Gasteiger partial charge in [0.25, 0.3) is 0 Å². The topological polar surface area (TPSA) is 35.1 Å². The fraction of sp³-hybridized carbons (Fsp3) is 0. The second-order valence-corrected chi connectivity index (χ2v) is 12.5. The number of fused-ring (bicyclic) bond motifs is 13. The number of hydrogen-bond donors (Lipinski definition) is 0. The Labute approximate surface area is 248 Å². The Kier molecular flexibility index (Phi) is 3.94. The molecule has 4 nitrogen and oxygen atoms in total. The molecule has 11 rings (SSSR count). The molecule has 198 valence electrons. The molecule has 0 radical (unpaired) electrons. The number of aromatic nitrogens is 4. The van der Waals surface area contributed by atoms with E-state index in [2.05, 4.69) is 112 Å². The minimum Gasteiger partial charge on any atom is -0.309 e. The lowest BCUT2D eigenvalue weighted by Crippen LogP contribution is -1.94. The highest BCUT2D eigenvalue weighted by molar-refractivity contribution is 7.25. The van der Waals surface area contributed by atoms with E-state index in [1.807, 2.05) is 29.5 Å². The molecule has 43 heavy (non-hydrogen) atoms. The van der Waals surface area contributed by atoms with Crippen molar-refractivity contribution >= 4 is 103 Å². The van der Waals surface area contributed by atoms with Crippen LogP contribution in [0.1, 0.15) is 0 Å². The summed E-state index contributed by atoms with van der Waals surface area (Å²) in [5.74, 6) is 0. The lowest BCUT2D eigenvalue weighted by molar-refractivity contribution is 1.19. The molecule has 0 fully saturated rings. The summed E-state index contributed by atoms with van der Waals surface area (Å²) in [6.45, 7) is 0. The van der Waals surface area contributed by atoms with Gasteiger partial charge < -0.3 is 4.57 Å². The van der Waals surface area contributed by atoms with E-state index in [4.69, 9.17) is 9.97 Å². The zero-order chi connectivity index (χ0) is 27.8. The second kappa shape index (κ2) is 7.65. The van der Waals surface area contributed by atoms with E-state index in [0.29, 0.717) is 0 Å². The number of benzene rings is 6. The van der Waals surface area contributed by atoms with Crippen molar-refractivity contribution in [1.82, 2.24) is 18.9 Å². The van der Waals surface area contributed by atoms with Crippen LogP contribution < -0.4 is 0 Å². The first-order valence-corrected chi connectivity index (χ1v) is 15.3. The standard InChI is InChI=1S/C38H20N4S/c1-6-14-31-22(9-1)25-19-26-24-11-3-8-16-34(24)43-35(26)20-33(25)41(31)21-17-27-23-10-2-7-15-32(23)42-37(27)28(18-21)36-38(42)40-30-13-5-4-12-29(30)39-36/h1-20H. The highest BCUT2D eigenvalue weighted by Gasteiger charge is 2.23. The van der Waals surface area contributed by atoms with Crippen LogP contribution in [0.4, 0.5) is 0 Å². The van der Waals surface area contributed by atoms with Crippen molar-refractivity contribution in [2.45, 2.75) is 0 Å². The van der Waals surface area contributed by atoms with Gasteiger partial charge in [0.2, 0.25) is 0 Å². The Balaban J connectivity index is 1.34. The van der Waals surface area contributed by atoms with Crippen LogP contribution in [0.15, 0.2) is 121 Å². The summed E-state index contributed by atoms with van der Waals surface area (Å²) in [5.41, 5.74) is 9.59. The lowest BCUT2D eigenvalue weighted by Gasteiger charge is -2.09. The van der Waals surface area contributed by atoms with Gasteiger partial charge in [0.1, 0.15) is 5.52 Å². The van der Waals surface area contributed by atoms with Crippen LogP contribution in [0.25, 0.3) is 97.1 Å². The maximum Gasteiger partial charge on any atom is 0.165 e. The Hall–Kier alpha value is -5.52. The molecule has 0 aliphatic carbocycles. The quantitative estimate of drug-likeness (QED) is 0.199. The van der Waals surface area contributed by atoms with E-state index in [-0.39, 0.29) is 0 Å². The first-order valence-electron chi connectivity index (χ1n) is 14.5. The van der Waals surface area contributed by atoms with E-state index < -0.39 is 0 Å². The third-order valence-electron chi connectivity index (χ3n) is 9.20. The molecule has 0 saturated carbocycles. The number of thiophene rings is 1. The van der Waals surface area contributed by atoms with Crippen LogP contribution in [0.3, 0.4) is 0 Å². The molecule has 5 heteroatoms. The summed E-state index contributed by atoms with van der Waals surface area (Å²) < 4.78 is 7.39. The fourth-order valence-corrected chi connectivity index (χ4v) is 8.53. The van der Waals surface area contributed by atoms with E-state index in [9.17, 15) is 0 Å². The molecule has 0 N–H and O–H groups in total. The van der Waals surface area contributed by atoms with Gasteiger partial charge in [0.05, 0.1) is 33.1 Å². The Morgan fingerprint density at radius 3 is 2.00 bits per heavy atom. The lowest BCUT2D eigenvalue weighted by atomic mass is 10.1. The van der Waals surface area contributed by atoms with Gasteiger partial charge in [-0.15, -0.1) is 11.3 Å². The molecule has 5 aromatic heterocycles. The van der Waals surface area contributed by atoms with Crippen LogP contribution in [0.2, 0.25) is 0 Å². The first-order chi connectivity index (χ1) is 21.3. The van der Waals surface area contributed by atoms with Gasteiger partial charge in [-0.1, -0.05) is 66.7 Å². The van der Waals surface area contributed by atoms with Crippen molar-refractivity contribution < 1.29 is 0 Å². The molecule has 0 atom stereocenters. The van der Waals surface area contributed by atoms with Gasteiger partial charge in [-0.05, 0) is 54.6 Å². The Morgan fingerprint density at radius 2 is 1.14 bits per heavy atom. The summed E-state index contributed by atoms with van der Waals surface area (Å²) in [6, 6.07) is 43.9. The number of nitrogens with zero attached hydrogens (tertiary/aromatic N) is 4. The first kappa shape index (κ1) is 22.1. The second-order valence-electron chi connectivity index (χ2n) is 11.4. The Morgan fingerprint density at radius 1 is 0.465 bits per heavy atom. The predicted molar refractivity (Wildman–Crippen MR) is 181 cm³/mol. The van der Waals surface area contributed by atoms with Crippen LogP contribution in [-0.4, -0.2) is 18.9 Å². The minimum atomic E-state index is 0.909. The van der Waals surface area contributed by atoms with E-state index in [1.54, 1.807) is 0 Å². The van der Waals surface area contributed by atoms with Gasteiger partial charge in [-0.25, -0.2) is 9.97 Å². The fourth-order valence-electron chi connectivity index (χ4n) is 7.40. The van der Waals surface area contributed by atoms with Crippen LogP contribution in [0, 0.1) is 0 Å². The van der Waals surface area contributed by atoms with Crippen LogP contribution in [-0.2, 0) is 0 Å². The average molecular weight is 565 g/mol. The smallest absolute Gasteiger partial charge is 0.165 e. The SMILES string of the molecule is c1ccc2nc3c(nc2c1)c1cc(-n2c4ccccc4c4cc5c(cc42)sc2ccccc25)cc2c4ccccc4n3c21. The predicted octanol–water partition coefficient (Wildman–Crippen LogP) is 10.2. The van der Waals surface area contributed by atoms with Crippen molar-refractivity contribution in [2.75, 3.05) is 0 Å². The third kappa shape index (κ3) is 2.71. The molecule has 0 aliphatic heterocycles. The van der Waals surface area contributed by atoms with Crippen molar-refractivity contribution in [3.8, 4) is 5.69 Å². The molecule has 0 saturated heterocycles. The monoisotopic (exact) mass is 564 g/mol. The molecular formula is C38H20N4S. The summed E-state index contributed by atoms with van der Waals surface area (Å²) in [5, 5.41) is 8.77.